The van der Waals surface area contributed by atoms with Crippen LogP contribution in [0.4, 0.5) is 35.1 Å². The molecule has 172 valence electrons. The summed E-state index contributed by atoms with van der Waals surface area (Å²) in [5.41, 5.74) is 0.350. The van der Waals surface area contributed by atoms with E-state index < -0.39 is 51.5 Å². The van der Waals surface area contributed by atoms with E-state index in [2.05, 4.69) is 13.6 Å². The van der Waals surface area contributed by atoms with E-state index >= 15 is 0 Å². The van der Waals surface area contributed by atoms with Crippen LogP contribution in [0, 0.1) is 0 Å². The summed E-state index contributed by atoms with van der Waals surface area (Å²) in [5, 5.41) is -0.0860. The molecule has 0 aliphatic carbocycles. The number of phosphoric ester groups is 1. The number of hydrogen-bond donors (Lipinski definition) is 0. The second-order valence-electron chi connectivity index (χ2n) is 5.31. The molecule has 0 saturated heterocycles. The summed E-state index contributed by atoms with van der Waals surface area (Å²) in [5.74, 6) is -10.5. The molecule has 1 aromatic carbocycles. The molecule has 0 aliphatic heterocycles. The lowest BCUT2D eigenvalue weighted by Gasteiger charge is -2.24. The Bertz CT molecular complexity index is 781. The van der Waals surface area contributed by atoms with E-state index in [9.17, 15) is 39.7 Å². The third-order valence-corrected chi connectivity index (χ3v) is 5.23. The SMILES string of the molecule is O=P(OCC(F)(F)C(F)F)(OCC(F)(F)C(F)F)O/C(=C/Cl)c1ccc(Cl)c(Cl)c1. The fraction of sp³-hybridized carbons (Fsp3) is 0.429. The van der Waals surface area contributed by atoms with Gasteiger partial charge >= 0.3 is 32.5 Å². The van der Waals surface area contributed by atoms with Gasteiger partial charge < -0.3 is 4.52 Å². The molecule has 1 rings (SSSR count). The molecule has 0 N–H and O–H groups in total. The average molecular weight is 532 g/mol. The summed E-state index contributed by atoms with van der Waals surface area (Å²) in [4.78, 5) is 0. The number of hydrogen-bond acceptors (Lipinski definition) is 4. The largest absolute Gasteiger partial charge is 0.530 e. The predicted molar refractivity (Wildman–Crippen MR) is 92.8 cm³/mol. The van der Waals surface area contributed by atoms with E-state index in [1.165, 1.54) is 6.07 Å². The first kappa shape index (κ1) is 27.3. The molecule has 4 nitrogen and oxygen atoms in total. The summed E-state index contributed by atoms with van der Waals surface area (Å²) in [6, 6.07) is 3.35. The zero-order valence-electron chi connectivity index (χ0n) is 14.1. The fourth-order valence-corrected chi connectivity index (χ4v) is 3.22. The summed E-state index contributed by atoms with van der Waals surface area (Å²) < 4.78 is 126. The Morgan fingerprint density at radius 1 is 0.967 bits per heavy atom. The molecule has 0 aliphatic rings. The van der Waals surface area contributed by atoms with Gasteiger partial charge in [-0.15, -0.1) is 0 Å². The Hall–Kier alpha value is -0.780. The van der Waals surface area contributed by atoms with Gasteiger partial charge in [-0.3, -0.25) is 9.05 Å². The van der Waals surface area contributed by atoms with Crippen LogP contribution in [0.1, 0.15) is 5.56 Å². The van der Waals surface area contributed by atoms with Crippen LogP contribution in [0.3, 0.4) is 0 Å². The lowest BCUT2D eigenvalue weighted by atomic mass is 10.2. The van der Waals surface area contributed by atoms with Crippen molar-refractivity contribution in [1.82, 2.24) is 0 Å². The van der Waals surface area contributed by atoms with Crippen LogP contribution >= 0.6 is 42.6 Å². The molecule has 0 amide bonds. The Kier molecular flexibility index (Phi) is 9.71. The van der Waals surface area contributed by atoms with E-state index in [1.807, 2.05) is 0 Å². The quantitative estimate of drug-likeness (QED) is 0.169. The van der Waals surface area contributed by atoms with Crippen molar-refractivity contribution in [3.8, 4) is 0 Å². The summed E-state index contributed by atoms with van der Waals surface area (Å²) in [6.07, 6.45) is -8.60. The molecular formula is C14H10Cl3F8O4P. The first-order valence-corrected chi connectivity index (χ1v) is 9.95. The van der Waals surface area contributed by atoms with Crippen molar-refractivity contribution in [3.63, 3.8) is 0 Å². The van der Waals surface area contributed by atoms with Crippen LogP contribution in [-0.4, -0.2) is 37.9 Å². The van der Waals surface area contributed by atoms with Gasteiger partial charge in [0.2, 0.25) is 0 Å². The minimum absolute atomic E-state index is 0.0261. The number of rotatable bonds is 11. The number of phosphoric acid groups is 1. The van der Waals surface area contributed by atoms with Gasteiger partial charge in [0.1, 0.15) is 19.0 Å². The summed E-state index contributed by atoms with van der Waals surface area (Å²) >= 11 is 16.9. The third kappa shape index (κ3) is 7.72. The zero-order valence-corrected chi connectivity index (χ0v) is 17.3. The maximum absolute atomic E-state index is 13.1. The van der Waals surface area contributed by atoms with Crippen molar-refractivity contribution in [2.45, 2.75) is 24.7 Å². The molecule has 0 heterocycles. The van der Waals surface area contributed by atoms with E-state index in [4.69, 9.17) is 34.8 Å². The van der Waals surface area contributed by atoms with Gasteiger partial charge in [-0.25, -0.2) is 22.1 Å². The van der Waals surface area contributed by atoms with Crippen molar-refractivity contribution >= 4 is 48.4 Å². The van der Waals surface area contributed by atoms with Gasteiger partial charge in [-0.05, 0) is 18.2 Å². The molecule has 0 spiro atoms. The highest BCUT2D eigenvalue weighted by molar-refractivity contribution is 7.48. The van der Waals surface area contributed by atoms with Gasteiger partial charge in [0.15, 0.2) is 0 Å². The Balaban J connectivity index is 3.17. The minimum Gasteiger partial charge on any atom is -0.402 e. The van der Waals surface area contributed by atoms with Crippen LogP contribution in [-0.2, 0) is 18.1 Å². The zero-order chi connectivity index (χ0) is 23.3. The van der Waals surface area contributed by atoms with Crippen LogP contribution in [0.5, 0.6) is 0 Å². The molecule has 16 heteroatoms. The minimum atomic E-state index is -5.61. The summed E-state index contributed by atoms with van der Waals surface area (Å²) in [6.45, 7) is -4.64. The van der Waals surface area contributed by atoms with Gasteiger partial charge in [0.25, 0.3) is 0 Å². The second-order valence-corrected chi connectivity index (χ2v) is 7.94. The highest BCUT2D eigenvalue weighted by Gasteiger charge is 2.48. The Morgan fingerprint density at radius 3 is 1.80 bits per heavy atom. The second kappa shape index (κ2) is 10.7. The Morgan fingerprint density at radius 2 is 1.43 bits per heavy atom. The van der Waals surface area contributed by atoms with Crippen molar-refractivity contribution in [2.75, 3.05) is 13.2 Å². The average Bonchev–Trinajstić information content (AvgIpc) is 2.65. The van der Waals surface area contributed by atoms with E-state index in [1.54, 1.807) is 0 Å². The molecule has 0 bridgehead atoms. The van der Waals surface area contributed by atoms with Crippen molar-refractivity contribution < 1.29 is 53.3 Å². The highest BCUT2D eigenvalue weighted by Crippen LogP contribution is 2.55. The van der Waals surface area contributed by atoms with Crippen LogP contribution in [0.2, 0.25) is 10.0 Å². The smallest absolute Gasteiger partial charge is 0.402 e. The topological polar surface area (TPSA) is 44.8 Å². The molecule has 0 aromatic heterocycles. The standard InChI is InChI=1S/C14H10Cl3F8O4P/c15-4-10(7-1-2-8(16)9(17)3-7)29-30(26,27-5-13(22,23)11(18)19)28-6-14(24,25)12(20)21/h1-4,11-12H,5-6H2/b10-4+. The lowest BCUT2D eigenvalue weighted by Crippen LogP contribution is -2.34. The number of alkyl halides is 8. The number of benzene rings is 1. The van der Waals surface area contributed by atoms with E-state index in [0.717, 1.165) is 12.1 Å². The fourth-order valence-electron chi connectivity index (χ4n) is 1.45. The molecular weight excluding hydrogens is 521 g/mol. The van der Waals surface area contributed by atoms with E-state index in [0.29, 0.717) is 5.54 Å². The molecule has 0 saturated carbocycles. The molecule has 0 unspecified atom stereocenters. The molecule has 1 aromatic rings. The lowest BCUT2D eigenvalue weighted by molar-refractivity contribution is -0.161. The predicted octanol–water partition coefficient (Wildman–Crippen LogP) is 7.49. The van der Waals surface area contributed by atoms with Crippen LogP contribution < -0.4 is 0 Å². The molecule has 0 fully saturated rings. The van der Waals surface area contributed by atoms with Crippen molar-refractivity contribution in [2.24, 2.45) is 0 Å². The molecule has 0 radical (unpaired) electrons. The third-order valence-electron chi connectivity index (χ3n) is 2.98. The maximum Gasteiger partial charge on any atom is 0.530 e. The maximum atomic E-state index is 13.1. The molecule has 0 atom stereocenters. The normalized spacial score (nSPS) is 14.0. The summed E-state index contributed by atoms with van der Waals surface area (Å²) in [7, 11) is -5.61. The molecule has 30 heavy (non-hydrogen) atoms. The van der Waals surface area contributed by atoms with Crippen molar-refractivity contribution in [3.05, 3.63) is 39.3 Å². The van der Waals surface area contributed by atoms with Crippen LogP contribution in [0.15, 0.2) is 23.7 Å². The van der Waals surface area contributed by atoms with Gasteiger partial charge in [0.05, 0.1) is 10.0 Å². The van der Waals surface area contributed by atoms with Gasteiger partial charge in [0, 0.05) is 11.1 Å². The van der Waals surface area contributed by atoms with Crippen LogP contribution in [0.25, 0.3) is 5.76 Å². The van der Waals surface area contributed by atoms with E-state index in [-0.39, 0.29) is 15.6 Å². The highest BCUT2D eigenvalue weighted by atomic mass is 35.5. The number of halogens is 11. The first-order valence-electron chi connectivity index (χ1n) is 7.30. The first-order chi connectivity index (χ1) is 13.6. The Labute approximate surface area is 179 Å². The van der Waals surface area contributed by atoms with Crippen molar-refractivity contribution in [1.29, 1.82) is 0 Å². The van der Waals surface area contributed by atoms with Gasteiger partial charge in [-0.2, -0.15) is 17.6 Å². The van der Waals surface area contributed by atoms with Gasteiger partial charge in [-0.1, -0.05) is 34.8 Å². The monoisotopic (exact) mass is 530 g/mol.